The van der Waals surface area contributed by atoms with E-state index in [0.29, 0.717) is 48.1 Å². The number of rotatable bonds is 6. The van der Waals surface area contributed by atoms with Crippen LogP contribution >= 0.6 is 11.6 Å². The first-order chi connectivity index (χ1) is 14.8. The molecule has 2 aliphatic rings. The highest BCUT2D eigenvalue weighted by atomic mass is 35.5. The zero-order chi connectivity index (χ0) is 22.1. The van der Waals surface area contributed by atoms with Gasteiger partial charge in [0.25, 0.3) is 5.91 Å². The van der Waals surface area contributed by atoms with Crippen molar-refractivity contribution in [2.24, 2.45) is 5.92 Å². The van der Waals surface area contributed by atoms with Gasteiger partial charge in [0.1, 0.15) is 0 Å². The highest BCUT2D eigenvalue weighted by molar-refractivity contribution is 6.30. The molecule has 7 heteroatoms. The highest BCUT2D eigenvalue weighted by Gasteiger charge is 2.31. The second-order valence-corrected chi connectivity index (χ2v) is 8.93. The van der Waals surface area contributed by atoms with Crippen LogP contribution in [0.2, 0.25) is 5.02 Å². The number of nitrogens with zero attached hydrogens (tertiary/aromatic N) is 2. The molecule has 1 aliphatic heterocycles. The van der Waals surface area contributed by atoms with E-state index < -0.39 is 0 Å². The minimum atomic E-state index is -0.358. The fourth-order valence-electron chi connectivity index (χ4n) is 4.38. The lowest BCUT2D eigenvalue weighted by molar-refractivity contribution is -0.148. The van der Waals surface area contributed by atoms with Gasteiger partial charge >= 0.3 is 5.97 Å². The van der Waals surface area contributed by atoms with E-state index in [2.05, 4.69) is 4.57 Å². The van der Waals surface area contributed by atoms with Crippen LogP contribution in [0.5, 0.6) is 0 Å². The highest BCUT2D eigenvalue weighted by Crippen LogP contribution is 2.38. The summed E-state index contributed by atoms with van der Waals surface area (Å²) >= 11 is 5.88. The van der Waals surface area contributed by atoms with Crippen LogP contribution in [-0.4, -0.2) is 46.8 Å². The molecule has 0 N–H and O–H groups in total. The lowest BCUT2D eigenvalue weighted by atomic mass is 9.96. The lowest BCUT2D eigenvalue weighted by Crippen LogP contribution is -2.40. The minimum Gasteiger partial charge on any atom is -0.457 e. The Morgan fingerprint density at radius 1 is 1.03 bits per heavy atom. The summed E-state index contributed by atoms with van der Waals surface area (Å²) in [6, 6.07) is 9.19. The summed E-state index contributed by atoms with van der Waals surface area (Å²) in [7, 11) is 0. The molecule has 0 unspecified atom stereocenters. The molecule has 1 saturated heterocycles. The number of esters is 1. The number of hydrogen-bond acceptors (Lipinski definition) is 4. The number of ketones is 1. The van der Waals surface area contributed by atoms with Crippen LogP contribution in [0.15, 0.2) is 30.3 Å². The molecule has 1 aromatic carbocycles. The van der Waals surface area contributed by atoms with E-state index >= 15 is 0 Å². The predicted molar refractivity (Wildman–Crippen MR) is 118 cm³/mol. The Kier molecular flexibility index (Phi) is 6.19. The van der Waals surface area contributed by atoms with E-state index in [1.54, 1.807) is 29.2 Å². The summed E-state index contributed by atoms with van der Waals surface area (Å²) in [5, 5.41) is 0.585. The molecular weight excluding hydrogens is 416 g/mol. The van der Waals surface area contributed by atoms with Gasteiger partial charge in [-0.05, 0) is 69.9 Å². The number of benzene rings is 1. The SMILES string of the molecule is Cc1cc(C(=O)COC(=O)C2CCN(C(=O)c3ccc(Cl)cc3)CC2)c(C)n1C1CC1. The van der Waals surface area contributed by atoms with Crippen LogP contribution in [0.4, 0.5) is 0 Å². The van der Waals surface area contributed by atoms with E-state index in [9.17, 15) is 14.4 Å². The number of ether oxygens (including phenoxy) is 1. The molecule has 4 rings (SSSR count). The van der Waals surface area contributed by atoms with E-state index in [1.807, 2.05) is 19.9 Å². The van der Waals surface area contributed by atoms with Crippen LogP contribution in [0.3, 0.4) is 0 Å². The number of carbonyl (C=O) groups is 3. The summed E-state index contributed by atoms with van der Waals surface area (Å²) in [6.07, 6.45) is 3.36. The third kappa shape index (κ3) is 4.69. The first-order valence-corrected chi connectivity index (χ1v) is 11.2. The molecule has 164 valence electrons. The predicted octanol–water partition coefficient (Wildman–Crippen LogP) is 4.37. The molecule has 0 radical (unpaired) electrons. The zero-order valence-electron chi connectivity index (χ0n) is 17.9. The first-order valence-electron chi connectivity index (χ1n) is 10.8. The van der Waals surface area contributed by atoms with Crippen LogP contribution in [-0.2, 0) is 9.53 Å². The number of likely N-dealkylation sites (tertiary alicyclic amines) is 1. The van der Waals surface area contributed by atoms with Crippen LogP contribution < -0.4 is 0 Å². The Bertz CT molecular complexity index is 999. The molecule has 2 fully saturated rings. The standard InChI is InChI=1S/C24H27ClN2O4/c1-15-13-21(16(2)27(15)20-7-8-20)22(28)14-31-24(30)18-9-11-26(12-10-18)23(29)17-3-5-19(25)6-4-17/h3-6,13,18,20H,7-12,14H2,1-2H3. The number of halogens is 1. The quantitative estimate of drug-likeness (QED) is 0.492. The summed E-state index contributed by atoms with van der Waals surface area (Å²) in [4.78, 5) is 39.5. The van der Waals surface area contributed by atoms with Gasteiger partial charge in [-0.3, -0.25) is 14.4 Å². The average molecular weight is 443 g/mol. The third-order valence-electron chi connectivity index (χ3n) is 6.25. The topological polar surface area (TPSA) is 68.6 Å². The van der Waals surface area contributed by atoms with Gasteiger partial charge in [-0.2, -0.15) is 0 Å². The van der Waals surface area contributed by atoms with Gasteiger partial charge in [0.15, 0.2) is 6.61 Å². The Morgan fingerprint density at radius 3 is 2.29 bits per heavy atom. The van der Waals surface area contributed by atoms with E-state index in [-0.39, 0.29) is 30.2 Å². The fraction of sp³-hybridized carbons (Fsp3) is 0.458. The normalized spacial score (nSPS) is 16.9. The number of piperidine rings is 1. The van der Waals surface area contributed by atoms with Crippen molar-refractivity contribution in [3.8, 4) is 0 Å². The lowest BCUT2D eigenvalue weighted by Gasteiger charge is -2.31. The second-order valence-electron chi connectivity index (χ2n) is 8.49. The molecule has 0 atom stereocenters. The summed E-state index contributed by atoms with van der Waals surface area (Å²) in [5.74, 6) is -0.878. The van der Waals surface area contributed by atoms with Gasteiger partial charge < -0.3 is 14.2 Å². The summed E-state index contributed by atoms with van der Waals surface area (Å²) in [6.45, 7) is 4.69. The number of Topliss-reactive ketones (excluding diaryl/α,β-unsaturated/α-hetero) is 1. The van der Waals surface area contributed by atoms with Crippen LogP contribution in [0.1, 0.15) is 63.8 Å². The van der Waals surface area contributed by atoms with Crippen molar-refractivity contribution in [3.05, 3.63) is 57.9 Å². The Labute approximate surface area is 187 Å². The van der Waals surface area contributed by atoms with E-state index in [0.717, 1.165) is 24.2 Å². The molecule has 2 aromatic rings. The van der Waals surface area contributed by atoms with Crippen LogP contribution in [0, 0.1) is 19.8 Å². The molecular formula is C24H27ClN2O4. The van der Waals surface area contributed by atoms with Crippen molar-refractivity contribution in [2.75, 3.05) is 19.7 Å². The van der Waals surface area contributed by atoms with Gasteiger partial charge in [-0.1, -0.05) is 11.6 Å². The van der Waals surface area contributed by atoms with Crippen molar-refractivity contribution in [2.45, 2.75) is 45.6 Å². The first kappa shape index (κ1) is 21.6. The molecule has 1 amide bonds. The smallest absolute Gasteiger partial charge is 0.309 e. The van der Waals surface area contributed by atoms with E-state index in [4.69, 9.17) is 16.3 Å². The number of amides is 1. The van der Waals surface area contributed by atoms with Gasteiger partial charge in [-0.15, -0.1) is 0 Å². The second kappa shape index (κ2) is 8.87. The maximum atomic E-state index is 12.6. The number of hydrogen-bond donors (Lipinski definition) is 0. The van der Waals surface area contributed by atoms with Crippen molar-refractivity contribution < 1.29 is 19.1 Å². The maximum absolute atomic E-state index is 12.6. The average Bonchev–Trinajstić information content (AvgIpc) is 3.56. The molecule has 1 saturated carbocycles. The van der Waals surface area contributed by atoms with Gasteiger partial charge in [0.05, 0.1) is 5.92 Å². The largest absolute Gasteiger partial charge is 0.457 e. The van der Waals surface area contributed by atoms with Crippen molar-refractivity contribution in [1.82, 2.24) is 9.47 Å². The minimum absolute atomic E-state index is 0.0651. The Morgan fingerprint density at radius 2 is 1.68 bits per heavy atom. The zero-order valence-corrected chi connectivity index (χ0v) is 18.7. The summed E-state index contributed by atoms with van der Waals surface area (Å²) < 4.78 is 7.57. The monoisotopic (exact) mass is 442 g/mol. The molecule has 1 aliphatic carbocycles. The number of carbonyl (C=O) groups excluding carboxylic acids is 3. The third-order valence-corrected chi connectivity index (χ3v) is 6.50. The number of aromatic nitrogens is 1. The van der Waals surface area contributed by atoms with E-state index in [1.165, 1.54) is 0 Å². The summed E-state index contributed by atoms with van der Waals surface area (Å²) in [5.41, 5.74) is 3.25. The Hall–Kier alpha value is -2.60. The van der Waals surface area contributed by atoms with Crippen molar-refractivity contribution in [1.29, 1.82) is 0 Å². The maximum Gasteiger partial charge on any atom is 0.309 e. The molecule has 31 heavy (non-hydrogen) atoms. The molecule has 6 nitrogen and oxygen atoms in total. The van der Waals surface area contributed by atoms with Gasteiger partial charge in [-0.25, -0.2) is 0 Å². The molecule has 2 heterocycles. The molecule has 0 bridgehead atoms. The molecule has 1 aromatic heterocycles. The van der Waals surface area contributed by atoms with Crippen molar-refractivity contribution >= 4 is 29.3 Å². The molecule has 0 spiro atoms. The van der Waals surface area contributed by atoms with Gasteiger partial charge in [0.2, 0.25) is 5.78 Å². The van der Waals surface area contributed by atoms with Crippen molar-refractivity contribution in [3.63, 3.8) is 0 Å². The number of aryl methyl sites for hydroxylation is 1. The van der Waals surface area contributed by atoms with Gasteiger partial charge in [0, 0.05) is 46.7 Å². The van der Waals surface area contributed by atoms with Crippen LogP contribution in [0.25, 0.3) is 0 Å². The fourth-order valence-corrected chi connectivity index (χ4v) is 4.51. The Balaban J connectivity index is 1.27.